The van der Waals surface area contributed by atoms with Gasteiger partial charge in [-0.3, -0.25) is 9.59 Å². The highest BCUT2D eigenvalue weighted by Crippen LogP contribution is 2.37. The average Bonchev–Trinajstić information content (AvgIpc) is 3.04. The molecule has 0 N–H and O–H groups in total. The number of hydrogen-bond donors (Lipinski definition) is 0. The largest absolute Gasteiger partial charge is 0.416 e. The maximum Gasteiger partial charge on any atom is 0.416 e. The maximum absolute atomic E-state index is 13.1. The SMILES string of the molecule is CCN(C)C(=O)[C@@H]1CN(C(=O)CC(C)C)C[C@@H]1c1cccc(C(F)(F)F)c1. The van der Waals surface area contributed by atoms with E-state index in [4.69, 9.17) is 0 Å². The Hall–Kier alpha value is -2.05. The van der Waals surface area contributed by atoms with Gasteiger partial charge in [0.05, 0.1) is 11.5 Å². The molecule has 0 aromatic heterocycles. The first-order valence-electron chi connectivity index (χ1n) is 9.24. The van der Waals surface area contributed by atoms with Crippen LogP contribution in [0.4, 0.5) is 13.2 Å². The number of amides is 2. The summed E-state index contributed by atoms with van der Waals surface area (Å²) in [4.78, 5) is 28.5. The van der Waals surface area contributed by atoms with Crippen LogP contribution in [-0.4, -0.2) is 48.3 Å². The van der Waals surface area contributed by atoms with Crippen molar-refractivity contribution in [1.82, 2.24) is 9.80 Å². The molecule has 1 aliphatic heterocycles. The van der Waals surface area contributed by atoms with E-state index in [9.17, 15) is 22.8 Å². The van der Waals surface area contributed by atoms with Crippen molar-refractivity contribution < 1.29 is 22.8 Å². The molecule has 2 atom stereocenters. The Morgan fingerprint density at radius 2 is 1.93 bits per heavy atom. The van der Waals surface area contributed by atoms with Crippen molar-refractivity contribution in [3.05, 3.63) is 35.4 Å². The highest BCUT2D eigenvalue weighted by Gasteiger charge is 2.42. The van der Waals surface area contributed by atoms with Gasteiger partial charge in [0, 0.05) is 39.0 Å². The summed E-state index contributed by atoms with van der Waals surface area (Å²) >= 11 is 0. The van der Waals surface area contributed by atoms with E-state index >= 15 is 0 Å². The number of hydrogen-bond acceptors (Lipinski definition) is 2. The second-order valence-electron chi connectivity index (χ2n) is 7.59. The molecule has 0 spiro atoms. The molecule has 1 heterocycles. The quantitative estimate of drug-likeness (QED) is 0.775. The maximum atomic E-state index is 13.1. The van der Waals surface area contributed by atoms with E-state index in [0.717, 1.165) is 12.1 Å². The molecule has 7 heteroatoms. The van der Waals surface area contributed by atoms with Crippen molar-refractivity contribution in [1.29, 1.82) is 0 Å². The third-order valence-corrected chi connectivity index (χ3v) is 5.07. The van der Waals surface area contributed by atoms with Crippen LogP contribution in [0.2, 0.25) is 0 Å². The van der Waals surface area contributed by atoms with Crippen LogP contribution < -0.4 is 0 Å². The zero-order chi connectivity index (χ0) is 20.4. The van der Waals surface area contributed by atoms with Gasteiger partial charge >= 0.3 is 6.18 Å². The fraction of sp³-hybridized carbons (Fsp3) is 0.600. The Kier molecular flexibility index (Phi) is 6.54. The van der Waals surface area contributed by atoms with E-state index in [1.807, 2.05) is 20.8 Å². The fourth-order valence-corrected chi connectivity index (χ4v) is 3.46. The lowest BCUT2D eigenvalue weighted by Gasteiger charge is -2.24. The molecule has 0 radical (unpaired) electrons. The van der Waals surface area contributed by atoms with E-state index in [1.165, 1.54) is 6.07 Å². The highest BCUT2D eigenvalue weighted by molar-refractivity contribution is 5.83. The van der Waals surface area contributed by atoms with Crippen LogP contribution in [0.3, 0.4) is 0 Å². The number of nitrogens with zero attached hydrogens (tertiary/aromatic N) is 2. The van der Waals surface area contributed by atoms with Gasteiger partial charge in [-0.15, -0.1) is 0 Å². The van der Waals surface area contributed by atoms with Gasteiger partial charge in [0.2, 0.25) is 11.8 Å². The third kappa shape index (κ3) is 5.02. The summed E-state index contributed by atoms with van der Waals surface area (Å²) in [5.41, 5.74) is -0.283. The molecule has 1 aromatic carbocycles. The lowest BCUT2D eigenvalue weighted by Crippen LogP contribution is -2.37. The summed E-state index contributed by atoms with van der Waals surface area (Å²) in [5.74, 6) is -0.992. The molecule has 1 aliphatic rings. The number of halogens is 3. The summed E-state index contributed by atoms with van der Waals surface area (Å²) in [7, 11) is 1.67. The zero-order valence-corrected chi connectivity index (χ0v) is 16.2. The average molecular weight is 384 g/mol. The number of carbonyl (C=O) groups is 2. The third-order valence-electron chi connectivity index (χ3n) is 5.07. The van der Waals surface area contributed by atoms with Crippen LogP contribution in [0, 0.1) is 11.8 Å². The van der Waals surface area contributed by atoms with Crippen LogP contribution in [0.25, 0.3) is 0 Å². The standard InChI is InChI=1S/C20H27F3N2O2/c1-5-24(4)19(27)17-12-25(18(26)9-13(2)3)11-16(17)14-7-6-8-15(10-14)20(21,22)23/h6-8,10,13,16-17H,5,9,11-12H2,1-4H3/t16-,17-/m1/s1. The van der Waals surface area contributed by atoms with Crippen molar-refractivity contribution in [3.63, 3.8) is 0 Å². The fourth-order valence-electron chi connectivity index (χ4n) is 3.46. The first kappa shape index (κ1) is 21.3. The number of likely N-dealkylation sites (tertiary alicyclic amines) is 1. The number of benzene rings is 1. The minimum Gasteiger partial charge on any atom is -0.346 e. The molecule has 150 valence electrons. The topological polar surface area (TPSA) is 40.6 Å². The molecule has 1 saturated heterocycles. The van der Waals surface area contributed by atoms with Crippen molar-refractivity contribution >= 4 is 11.8 Å². The Balaban J connectivity index is 2.35. The lowest BCUT2D eigenvalue weighted by molar-refractivity contribution is -0.137. The Labute approximate surface area is 158 Å². The summed E-state index contributed by atoms with van der Waals surface area (Å²) in [6, 6.07) is 5.10. The van der Waals surface area contributed by atoms with Gasteiger partial charge in [0.15, 0.2) is 0 Å². The Bertz CT molecular complexity index is 688. The zero-order valence-electron chi connectivity index (χ0n) is 16.2. The van der Waals surface area contributed by atoms with Crippen molar-refractivity contribution in [3.8, 4) is 0 Å². The number of carbonyl (C=O) groups excluding carboxylic acids is 2. The molecular weight excluding hydrogens is 357 g/mol. The molecule has 1 fully saturated rings. The molecule has 1 aromatic rings. The molecule has 0 saturated carbocycles. The molecular formula is C20H27F3N2O2. The van der Waals surface area contributed by atoms with Gasteiger partial charge in [0.25, 0.3) is 0 Å². The van der Waals surface area contributed by atoms with E-state index < -0.39 is 23.6 Å². The first-order valence-corrected chi connectivity index (χ1v) is 9.24. The lowest BCUT2D eigenvalue weighted by atomic mass is 9.87. The van der Waals surface area contributed by atoms with Crippen LogP contribution >= 0.6 is 0 Å². The molecule has 0 unspecified atom stereocenters. The predicted molar refractivity (Wildman–Crippen MR) is 97.0 cm³/mol. The summed E-state index contributed by atoms with van der Waals surface area (Å²) in [6.07, 6.45) is -4.08. The van der Waals surface area contributed by atoms with E-state index in [-0.39, 0.29) is 30.8 Å². The summed E-state index contributed by atoms with van der Waals surface area (Å²) in [6.45, 7) is 6.73. The smallest absolute Gasteiger partial charge is 0.346 e. The Morgan fingerprint density at radius 1 is 1.26 bits per heavy atom. The molecule has 27 heavy (non-hydrogen) atoms. The minimum absolute atomic E-state index is 0.0589. The van der Waals surface area contributed by atoms with Crippen LogP contribution in [0.1, 0.15) is 44.2 Å². The second kappa shape index (κ2) is 8.31. The normalized spacial score (nSPS) is 20.2. The van der Waals surface area contributed by atoms with Gasteiger partial charge in [-0.1, -0.05) is 32.0 Å². The molecule has 2 rings (SSSR count). The van der Waals surface area contributed by atoms with Gasteiger partial charge < -0.3 is 9.80 Å². The van der Waals surface area contributed by atoms with Gasteiger partial charge in [-0.2, -0.15) is 13.2 Å². The van der Waals surface area contributed by atoms with E-state index in [0.29, 0.717) is 18.5 Å². The van der Waals surface area contributed by atoms with Gasteiger partial charge in [0.1, 0.15) is 0 Å². The predicted octanol–water partition coefficient (Wildman–Crippen LogP) is 3.77. The van der Waals surface area contributed by atoms with Crippen LogP contribution in [0.15, 0.2) is 24.3 Å². The molecule has 0 bridgehead atoms. The van der Waals surface area contributed by atoms with E-state index in [2.05, 4.69) is 0 Å². The van der Waals surface area contributed by atoms with E-state index in [1.54, 1.807) is 22.9 Å². The molecule has 0 aliphatic carbocycles. The molecule has 2 amide bonds. The number of rotatable bonds is 5. The minimum atomic E-state index is -4.44. The second-order valence-corrected chi connectivity index (χ2v) is 7.59. The molecule has 4 nitrogen and oxygen atoms in total. The summed E-state index contributed by atoms with van der Waals surface area (Å²) < 4.78 is 39.3. The Morgan fingerprint density at radius 3 is 2.48 bits per heavy atom. The van der Waals surface area contributed by atoms with Crippen LogP contribution in [0.5, 0.6) is 0 Å². The van der Waals surface area contributed by atoms with Gasteiger partial charge in [-0.05, 0) is 24.5 Å². The first-order chi connectivity index (χ1) is 12.5. The highest BCUT2D eigenvalue weighted by atomic mass is 19.4. The summed E-state index contributed by atoms with van der Waals surface area (Å²) in [5, 5.41) is 0. The van der Waals surface area contributed by atoms with Crippen molar-refractivity contribution in [2.75, 3.05) is 26.7 Å². The van der Waals surface area contributed by atoms with Crippen molar-refractivity contribution in [2.24, 2.45) is 11.8 Å². The monoisotopic (exact) mass is 384 g/mol. The van der Waals surface area contributed by atoms with Gasteiger partial charge in [-0.25, -0.2) is 0 Å². The number of alkyl halides is 3. The van der Waals surface area contributed by atoms with Crippen molar-refractivity contribution in [2.45, 2.75) is 39.3 Å². The van der Waals surface area contributed by atoms with Crippen LogP contribution in [-0.2, 0) is 15.8 Å².